The van der Waals surface area contributed by atoms with Gasteiger partial charge in [-0.1, -0.05) is 128 Å². The molecule has 5 heteroatoms. The van der Waals surface area contributed by atoms with Crippen LogP contribution in [0.25, 0.3) is 0 Å². The molecule has 2 N–H and O–H groups in total. The second-order valence-electron chi connectivity index (χ2n) is 10.3. The van der Waals surface area contributed by atoms with Crippen molar-refractivity contribution in [2.75, 3.05) is 0 Å². The highest BCUT2D eigenvalue weighted by atomic mass is 16.5. The molecule has 0 amide bonds. The Morgan fingerprint density at radius 2 is 1.22 bits per heavy atom. The van der Waals surface area contributed by atoms with Crippen molar-refractivity contribution in [2.45, 2.75) is 142 Å². The van der Waals surface area contributed by atoms with Gasteiger partial charge < -0.3 is 14.9 Å². The van der Waals surface area contributed by atoms with E-state index < -0.39 is 30.1 Å². The number of carbonyl (C=O) groups is 2. The highest BCUT2D eigenvalue weighted by Gasteiger charge is 2.32. The molecule has 0 aliphatic heterocycles. The van der Waals surface area contributed by atoms with Crippen molar-refractivity contribution in [3.8, 4) is 0 Å². The summed E-state index contributed by atoms with van der Waals surface area (Å²) < 4.78 is 5.57. The molecule has 1 aromatic carbocycles. The van der Waals surface area contributed by atoms with Gasteiger partial charge in [-0.05, 0) is 25.0 Å². The molecule has 206 valence electrons. The predicted molar refractivity (Wildman–Crippen MR) is 147 cm³/mol. The van der Waals surface area contributed by atoms with E-state index in [2.05, 4.69) is 6.92 Å². The Morgan fingerprint density at radius 3 is 1.67 bits per heavy atom. The van der Waals surface area contributed by atoms with E-state index in [0.717, 1.165) is 12.8 Å². The Bertz CT molecular complexity index is 675. The van der Waals surface area contributed by atoms with Gasteiger partial charge in [0.25, 0.3) is 0 Å². The zero-order valence-electron chi connectivity index (χ0n) is 23.0. The van der Waals surface area contributed by atoms with Crippen molar-refractivity contribution in [2.24, 2.45) is 5.92 Å². The van der Waals surface area contributed by atoms with Gasteiger partial charge in [-0.25, -0.2) is 4.79 Å². The number of aliphatic hydroxyl groups is 1. The number of hydrogen-bond donors (Lipinski definition) is 2. The molecule has 0 bridgehead atoms. The standard InChI is InChI=1S/C31H52O5/c1-3-5-6-7-8-9-10-11-12-13-14-15-16-17-21-24-27(32)25-29(28(4-2)30(33)34)36-31(35)26-22-19-18-20-23-26/h18-20,22-23,27-29,32H,3-17,21,24-25H2,1-2H3,(H,33,34). The summed E-state index contributed by atoms with van der Waals surface area (Å²) in [4.78, 5) is 24.2. The molecule has 3 unspecified atom stereocenters. The maximum Gasteiger partial charge on any atom is 0.338 e. The predicted octanol–water partition coefficient (Wildman–Crippen LogP) is 8.34. The molecule has 1 aromatic rings. The minimum absolute atomic E-state index is 0.155. The number of carboxylic acids is 1. The number of esters is 1. The monoisotopic (exact) mass is 504 g/mol. The van der Waals surface area contributed by atoms with Gasteiger partial charge in [0.1, 0.15) is 6.10 Å². The maximum absolute atomic E-state index is 12.5. The van der Waals surface area contributed by atoms with Gasteiger partial charge >= 0.3 is 11.9 Å². The SMILES string of the molecule is CCCCCCCCCCCCCCCCCC(O)CC(OC(=O)c1ccccc1)C(CC)C(=O)O. The number of aliphatic carboxylic acids is 1. The molecule has 0 saturated carbocycles. The lowest BCUT2D eigenvalue weighted by molar-refractivity contribution is -0.146. The molecular weight excluding hydrogens is 452 g/mol. The lowest BCUT2D eigenvalue weighted by atomic mass is 9.93. The van der Waals surface area contributed by atoms with Crippen LogP contribution < -0.4 is 0 Å². The maximum atomic E-state index is 12.5. The molecule has 0 aliphatic rings. The summed E-state index contributed by atoms with van der Waals surface area (Å²) in [6.07, 6.45) is 19.0. The van der Waals surface area contributed by atoms with Gasteiger partial charge in [-0.2, -0.15) is 0 Å². The zero-order chi connectivity index (χ0) is 26.4. The van der Waals surface area contributed by atoms with Crippen LogP contribution in [0.3, 0.4) is 0 Å². The first-order valence-corrected chi connectivity index (χ1v) is 14.7. The van der Waals surface area contributed by atoms with E-state index in [-0.39, 0.29) is 6.42 Å². The third kappa shape index (κ3) is 15.3. The van der Waals surface area contributed by atoms with Gasteiger partial charge in [-0.15, -0.1) is 0 Å². The molecule has 0 fully saturated rings. The molecule has 0 heterocycles. The highest BCUT2D eigenvalue weighted by Crippen LogP contribution is 2.22. The minimum atomic E-state index is -0.998. The summed E-state index contributed by atoms with van der Waals surface area (Å²) in [7, 11) is 0. The number of unbranched alkanes of at least 4 members (excludes halogenated alkanes) is 14. The van der Waals surface area contributed by atoms with Crippen molar-refractivity contribution in [1.82, 2.24) is 0 Å². The van der Waals surface area contributed by atoms with Gasteiger partial charge in [0.15, 0.2) is 0 Å². The van der Waals surface area contributed by atoms with Gasteiger partial charge in [0.05, 0.1) is 17.6 Å². The quantitative estimate of drug-likeness (QED) is 0.116. The molecule has 5 nitrogen and oxygen atoms in total. The van der Waals surface area contributed by atoms with Crippen LogP contribution in [0.5, 0.6) is 0 Å². The Hall–Kier alpha value is -1.88. The molecule has 0 aliphatic carbocycles. The normalized spacial score (nSPS) is 13.8. The lowest BCUT2D eigenvalue weighted by Gasteiger charge is -2.25. The average molecular weight is 505 g/mol. The molecule has 0 saturated heterocycles. The van der Waals surface area contributed by atoms with Crippen LogP contribution in [0.1, 0.15) is 140 Å². The Kier molecular flexibility index (Phi) is 19.0. The third-order valence-electron chi connectivity index (χ3n) is 7.12. The largest absolute Gasteiger partial charge is 0.481 e. The van der Waals surface area contributed by atoms with Gasteiger partial charge in [-0.3, -0.25) is 4.79 Å². The zero-order valence-corrected chi connectivity index (χ0v) is 23.0. The Morgan fingerprint density at radius 1 is 0.750 bits per heavy atom. The Labute approximate surface area is 220 Å². The smallest absolute Gasteiger partial charge is 0.338 e. The molecular formula is C31H52O5. The van der Waals surface area contributed by atoms with Crippen LogP contribution in [0.4, 0.5) is 0 Å². The average Bonchev–Trinajstić information content (AvgIpc) is 2.87. The molecule has 0 spiro atoms. The van der Waals surface area contributed by atoms with Crippen LogP contribution in [-0.4, -0.2) is 34.4 Å². The summed E-state index contributed by atoms with van der Waals surface area (Å²) >= 11 is 0. The first-order valence-electron chi connectivity index (χ1n) is 14.7. The summed E-state index contributed by atoms with van der Waals surface area (Å²) in [5, 5.41) is 20.1. The van der Waals surface area contributed by atoms with Gasteiger partial charge in [0, 0.05) is 6.42 Å². The first kappa shape index (κ1) is 32.1. The van der Waals surface area contributed by atoms with E-state index in [1.165, 1.54) is 83.5 Å². The number of benzene rings is 1. The molecule has 36 heavy (non-hydrogen) atoms. The third-order valence-corrected chi connectivity index (χ3v) is 7.12. The second kappa shape index (κ2) is 21.2. The summed E-state index contributed by atoms with van der Waals surface area (Å²) in [6.45, 7) is 4.03. The fourth-order valence-electron chi connectivity index (χ4n) is 4.81. The van der Waals surface area contributed by atoms with Crippen LogP contribution >= 0.6 is 0 Å². The lowest BCUT2D eigenvalue weighted by Crippen LogP contribution is -2.35. The van der Waals surface area contributed by atoms with E-state index >= 15 is 0 Å². The summed E-state index contributed by atoms with van der Waals surface area (Å²) in [5.74, 6) is -2.37. The number of ether oxygens (including phenoxy) is 1. The molecule has 1 rings (SSSR count). The van der Waals surface area contributed by atoms with E-state index in [1.54, 1.807) is 37.3 Å². The van der Waals surface area contributed by atoms with Crippen molar-refractivity contribution in [3.63, 3.8) is 0 Å². The Balaban J connectivity index is 2.19. The minimum Gasteiger partial charge on any atom is -0.481 e. The van der Waals surface area contributed by atoms with Crippen molar-refractivity contribution >= 4 is 11.9 Å². The summed E-state index contributed by atoms with van der Waals surface area (Å²) in [5.41, 5.74) is 0.389. The number of rotatable bonds is 23. The van der Waals surface area contributed by atoms with Crippen LogP contribution in [0.15, 0.2) is 30.3 Å². The number of carboxylic acid groups (broad SMARTS) is 1. The number of aliphatic hydroxyl groups excluding tert-OH is 1. The molecule has 3 atom stereocenters. The fourth-order valence-corrected chi connectivity index (χ4v) is 4.81. The van der Waals surface area contributed by atoms with E-state index in [1.807, 2.05) is 0 Å². The summed E-state index contributed by atoms with van der Waals surface area (Å²) in [6, 6.07) is 8.58. The van der Waals surface area contributed by atoms with E-state index in [0.29, 0.717) is 18.4 Å². The topological polar surface area (TPSA) is 83.8 Å². The molecule has 0 aromatic heterocycles. The van der Waals surface area contributed by atoms with Crippen LogP contribution in [0, 0.1) is 5.92 Å². The highest BCUT2D eigenvalue weighted by molar-refractivity contribution is 5.89. The number of hydrogen-bond acceptors (Lipinski definition) is 4. The van der Waals surface area contributed by atoms with Crippen LogP contribution in [-0.2, 0) is 9.53 Å². The molecule has 0 radical (unpaired) electrons. The van der Waals surface area contributed by atoms with E-state index in [4.69, 9.17) is 4.74 Å². The fraction of sp³-hybridized carbons (Fsp3) is 0.742. The number of carbonyl (C=O) groups excluding carboxylic acids is 1. The van der Waals surface area contributed by atoms with Crippen molar-refractivity contribution in [1.29, 1.82) is 0 Å². The first-order chi connectivity index (χ1) is 17.5. The van der Waals surface area contributed by atoms with Gasteiger partial charge in [0.2, 0.25) is 0 Å². The second-order valence-corrected chi connectivity index (χ2v) is 10.3. The van der Waals surface area contributed by atoms with Crippen molar-refractivity contribution in [3.05, 3.63) is 35.9 Å². The van der Waals surface area contributed by atoms with Crippen molar-refractivity contribution < 1.29 is 24.5 Å². The van der Waals surface area contributed by atoms with Crippen LogP contribution in [0.2, 0.25) is 0 Å². The van der Waals surface area contributed by atoms with E-state index in [9.17, 15) is 19.8 Å².